The highest BCUT2D eigenvalue weighted by Crippen LogP contribution is 2.58. The number of rotatable bonds is 4. The first-order valence-corrected chi connectivity index (χ1v) is 8.78. The summed E-state index contributed by atoms with van der Waals surface area (Å²) in [6.07, 6.45) is 1.42. The minimum Gasteiger partial charge on any atom is -0.454 e. The van der Waals surface area contributed by atoms with E-state index in [1.807, 2.05) is 13.8 Å². The molecule has 114 valence electrons. The first-order valence-electron chi connectivity index (χ1n) is 7.24. The van der Waals surface area contributed by atoms with Gasteiger partial charge in [0.1, 0.15) is 5.76 Å². The second kappa shape index (κ2) is 5.39. The summed E-state index contributed by atoms with van der Waals surface area (Å²) in [5.74, 6) is 2.05. The smallest absolute Gasteiger partial charge is 0.411 e. The summed E-state index contributed by atoms with van der Waals surface area (Å²) in [6.45, 7) is 6.34. The van der Waals surface area contributed by atoms with Gasteiger partial charge in [0.05, 0.1) is 11.9 Å². The lowest BCUT2D eigenvalue weighted by molar-refractivity contribution is 0.173. The van der Waals surface area contributed by atoms with Crippen molar-refractivity contribution in [1.82, 2.24) is 0 Å². The molecule has 1 unspecified atom stereocenters. The van der Waals surface area contributed by atoms with Gasteiger partial charge in [0.15, 0.2) is 11.5 Å². The van der Waals surface area contributed by atoms with Gasteiger partial charge in [0, 0.05) is 17.6 Å². The van der Waals surface area contributed by atoms with Crippen molar-refractivity contribution in [3.05, 3.63) is 23.5 Å². The standard InChI is InChI=1S/C15H19O5P/c1-4-10-11(5-2)20-21(16,19-6-3)13-8-7-12-15(14(10)13)18-9-17-12/h7-8H,4-6,9H2,1-3H3. The summed E-state index contributed by atoms with van der Waals surface area (Å²) in [7, 11) is -3.35. The van der Waals surface area contributed by atoms with E-state index in [1.165, 1.54) is 0 Å². The van der Waals surface area contributed by atoms with E-state index in [-0.39, 0.29) is 6.79 Å². The molecule has 0 spiro atoms. The summed E-state index contributed by atoms with van der Waals surface area (Å²) in [5, 5.41) is 0.572. The van der Waals surface area contributed by atoms with Crippen LogP contribution in [-0.4, -0.2) is 13.4 Å². The fourth-order valence-electron chi connectivity index (χ4n) is 2.79. The largest absolute Gasteiger partial charge is 0.454 e. The molecule has 1 aromatic rings. The fourth-order valence-corrected chi connectivity index (χ4v) is 4.72. The van der Waals surface area contributed by atoms with E-state index >= 15 is 0 Å². The Morgan fingerprint density at radius 3 is 2.67 bits per heavy atom. The van der Waals surface area contributed by atoms with E-state index in [0.717, 1.165) is 17.6 Å². The molecule has 5 nitrogen and oxygen atoms in total. The molecule has 2 aliphatic rings. The van der Waals surface area contributed by atoms with Gasteiger partial charge in [-0.3, -0.25) is 4.52 Å². The van der Waals surface area contributed by atoms with Crippen LogP contribution in [0.1, 0.15) is 39.2 Å². The van der Waals surface area contributed by atoms with Crippen molar-refractivity contribution in [2.24, 2.45) is 0 Å². The van der Waals surface area contributed by atoms with E-state index in [1.54, 1.807) is 19.1 Å². The van der Waals surface area contributed by atoms with Crippen LogP contribution in [0.4, 0.5) is 0 Å². The maximum Gasteiger partial charge on any atom is 0.411 e. The minimum absolute atomic E-state index is 0.185. The van der Waals surface area contributed by atoms with Crippen LogP contribution in [0.25, 0.3) is 5.57 Å². The Morgan fingerprint density at radius 1 is 1.19 bits per heavy atom. The molecule has 1 aromatic carbocycles. The maximum atomic E-state index is 13.1. The molecule has 0 amide bonds. The molecule has 2 aliphatic heterocycles. The molecule has 21 heavy (non-hydrogen) atoms. The molecule has 6 heteroatoms. The summed E-state index contributed by atoms with van der Waals surface area (Å²) < 4.78 is 35.4. The lowest BCUT2D eigenvalue weighted by atomic mass is 9.99. The molecule has 2 heterocycles. The zero-order valence-corrected chi connectivity index (χ0v) is 13.4. The summed E-state index contributed by atoms with van der Waals surface area (Å²) in [4.78, 5) is 0. The van der Waals surface area contributed by atoms with E-state index in [9.17, 15) is 4.57 Å². The van der Waals surface area contributed by atoms with Gasteiger partial charge in [0.2, 0.25) is 6.79 Å². The average molecular weight is 310 g/mol. The number of benzene rings is 1. The Morgan fingerprint density at radius 2 is 2.00 bits per heavy atom. The van der Waals surface area contributed by atoms with Crippen molar-refractivity contribution in [2.45, 2.75) is 33.6 Å². The Kier molecular flexibility index (Phi) is 3.72. The zero-order valence-electron chi connectivity index (χ0n) is 12.5. The maximum absolute atomic E-state index is 13.1. The SMILES string of the molecule is CCOP1(=O)OC(CC)=C(CC)c2c1ccc1c2OCO1. The summed E-state index contributed by atoms with van der Waals surface area (Å²) >= 11 is 0. The van der Waals surface area contributed by atoms with Crippen molar-refractivity contribution in [1.29, 1.82) is 0 Å². The molecule has 1 atom stereocenters. The minimum atomic E-state index is -3.35. The van der Waals surface area contributed by atoms with Gasteiger partial charge in [-0.25, -0.2) is 4.57 Å². The molecule has 0 saturated heterocycles. The zero-order chi connectivity index (χ0) is 15.0. The third-order valence-corrected chi connectivity index (χ3v) is 5.68. The second-order valence-corrected chi connectivity index (χ2v) is 6.73. The topological polar surface area (TPSA) is 54.0 Å². The number of hydrogen-bond acceptors (Lipinski definition) is 5. The van der Waals surface area contributed by atoms with Crippen molar-refractivity contribution in [3.8, 4) is 11.5 Å². The van der Waals surface area contributed by atoms with Crippen LogP contribution in [-0.2, 0) is 13.6 Å². The van der Waals surface area contributed by atoms with Crippen molar-refractivity contribution in [3.63, 3.8) is 0 Å². The molecule has 0 fully saturated rings. The third-order valence-electron chi connectivity index (χ3n) is 3.65. The van der Waals surface area contributed by atoms with E-state index in [4.69, 9.17) is 18.5 Å². The molecule has 0 radical (unpaired) electrons. The molecule has 3 rings (SSSR count). The van der Waals surface area contributed by atoms with Crippen LogP contribution >= 0.6 is 7.60 Å². The lowest BCUT2D eigenvalue weighted by Gasteiger charge is -2.29. The first-order chi connectivity index (χ1) is 10.1. The quantitative estimate of drug-likeness (QED) is 0.791. The highest BCUT2D eigenvalue weighted by Gasteiger charge is 2.41. The average Bonchev–Trinajstić information content (AvgIpc) is 2.95. The summed E-state index contributed by atoms with van der Waals surface area (Å²) in [6, 6.07) is 3.53. The molecule has 0 bridgehead atoms. The van der Waals surface area contributed by atoms with Crippen LogP contribution in [0.5, 0.6) is 11.5 Å². The van der Waals surface area contributed by atoms with Crippen LogP contribution in [0, 0.1) is 0 Å². The molecular weight excluding hydrogens is 291 g/mol. The van der Waals surface area contributed by atoms with Crippen molar-refractivity contribution >= 4 is 18.5 Å². The van der Waals surface area contributed by atoms with Gasteiger partial charge >= 0.3 is 7.60 Å². The predicted octanol–water partition coefficient (Wildman–Crippen LogP) is 3.83. The Labute approximate surface area is 124 Å². The van der Waals surface area contributed by atoms with Gasteiger partial charge in [-0.05, 0) is 25.5 Å². The molecular formula is C15H19O5P. The second-order valence-electron chi connectivity index (χ2n) is 4.81. The van der Waals surface area contributed by atoms with Crippen molar-refractivity contribution in [2.75, 3.05) is 13.4 Å². The van der Waals surface area contributed by atoms with Gasteiger partial charge in [-0.15, -0.1) is 0 Å². The van der Waals surface area contributed by atoms with E-state index in [0.29, 0.717) is 35.6 Å². The number of allylic oxidation sites excluding steroid dienone is 2. The lowest BCUT2D eigenvalue weighted by Crippen LogP contribution is -2.21. The summed E-state index contributed by atoms with van der Waals surface area (Å²) in [5.41, 5.74) is 1.84. The molecule has 0 saturated carbocycles. The van der Waals surface area contributed by atoms with E-state index < -0.39 is 7.60 Å². The molecule has 0 aliphatic carbocycles. The number of hydrogen-bond donors (Lipinski definition) is 0. The number of ether oxygens (including phenoxy) is 2. The Bertz CT molecular complexity index is 650. The van der Waals surface area contributed by atoms with Gasteiger partial charge < -0.3 is 14.0 Å². The predicted molar refractivity (Wildman–Crippen MR) is 80.0 cm³/mol. The van der Waals surface area contributed by atoms with Crippen LogP contribution in [0.2, 0.25) is 0 Å². The Balaban J connectivity index is 2.28. The Hall–Kier alpha value is -1.45. The first kappa shape index (κ1) is 14.5. The monoisotopic (exact) mass is 310 g/mol. The number of fused-ring (bicyclic) bond motifs is 3. The highest BCUT2D eigenvalue weighted by molar-refractivity contribution is 7.62. The molecule has 0 N–H and O–H groups in total. The van der Waals surface area contributed by atoms with Crippen LogP contribution in [0.15, 0.2) is 17.9 Å². The van der Waals surface area contributed by atoms with Gasteiger partial charge in [0.25, 0.3) is 0 Å². The van der Waals surface area contributed by atoms with E-state index in [2.05, 4.69) is 0 Å². The van der Waals surface area contributed by atoms with Crippen LogP contribution in [0.3, 0.4) is 0 Å². The van der Waals surface area contributed by atoms with Crippen LogP contribution < -0.4 is 14.8 Å². The normalized spacial score (nSPS) is 23.0. The highest BCUT2D eigenvalue weighted by atomic mass is 31.2. The third kappa shape index (κ3) is 2.16. The van der Waals surface area contributed by atoms with Crippen molar-refractivity contribution < 1.29 is 23.1 Å². The van der Waals surface area contributed by atoms with Gasteiger partial charge in [-0.2, -0.15) is 0 Å². The fraction of sp³-hybridized carbons (Fsp3) is 0.467. The van der Waals surface area contributed by atoms with Gasteiger partial charge in [-0.1, -0.05) is 13.8 Å². The molecule has 0 aromatic heterocycles.